The predicted molar refractivity (Wildman–Crippen MR) is 59.2 cm³/mol. The summed E-state index contributed by atoms with van der Waals surface area (Å²) in [4.78, 5) is 0. The van der Waals surface area contributed by atoms with E-state index in [9.17, 15) is 0 Å². The molecule has 80 valence electrons. The predicted octanol–water partition coefficient (Wildman–Crippen LogP) is 1.03. The van der Waals surface area contributed by atoms with Crippen LogP contribution in [-0.2, 0) is 5.41 Å². The van der Waals surface area contributed by atoms with Gasteiger partial charge in [-0.3, -0.25) is 0 Å². The minimum absolute atomic E-state index is 0.153. The third-order valence-corrected chi connectivity index (χ3v) is 3.87. The number of rotatable bonds is 1. The maximum absolute atomic E-state index is 5.90. The monoisotopic (exact) mass is 224 g/mol. The fraction of sp³-hybridized carbons (Fsp3) is 0.600. The minimum Gasteiger partial charge on any atom is -0.367 e. The van der Waals surface area contributed by atoms with Gasteiger partial charge in [0.2, 0.25) is 0 Å². The first kappa shape index (κ1) is 9.36. The van der Waals surface area contributed by atoms with Crippen molar-refractivity contribution in [1.82, 2.24) is 15.5 Å². The molecular weight excluding hydrogens is 212 g/mol. The molecule has 0 saturated carbocycles. The van der Waals surface area contributed by atoms with Gasteiger partial charge in [-0.05, 0) is 12.0 Å². The van der Waals surface area contributed by atoms with Gasteiger partial charge in [-0.25, -0.2) is 0 Å². The molecule has 2 aliphatic rings. The number of hydrogen-bond donors (Lipinski definition) is 2. The second-order valence-electron chi connectivity index (χ2n) is 4.56. The van der Waals surface area contributed by atoms with E-state index >= 15 is 0 Å². The van der Waals surface area contributed by atoms with E-state index in [1.54, 1.807) is 0 Å². The van der Waals surface area contributed by atoms with Gasteiger partial charge in [-0.15, -0.1) is 10.2 Å². The fourth-order valence-electron chi connectivity index (χ4n) is 2.40. The topological polar surface area (TPSA) is 49.8 Å². The summed E-state index contributed by atoms with van der Waals surface area (Å²) in [6.45, 7) is 5.37. The van der Waals surface area contributed by atoms with Crippen molar-refractivity contribution >= 4 is 17.4 Å². The molecule has 1 aromatic rings. The Hall–Kier alpha value is -0.870. The molecule has 1 saturated heterocycles. The molecule has 1 fully saturated rings. The molecule has 0 aliphatic carbocycles. The van der Waals surface area contributed by atoms with Gasteiger partial charge in [0.05, 0.1) is 0 Å². The van der Waals surface area contributed by atoms with E-state index in [2.05, 4.69) is 27.8 Å². The van der Waals surface area contributed by atoms with Crippen LogP contribution in [-0.4, -0.2) is 29.8 Å². The zero-order chi connectivity index (χ0) is 10.5. The first-order valence-corrected chi connectivity index (χ1v) is 5.56. The molecule has 0 spiro atoms. The van der Waals surface area contributed by atoms with Crippen molar-refractivity contribution < 1.29 is 0 Å². The van der Waals surface area contributed by atoms with Crippen LogP contribution in [0, 0.1) is 5.92 Å². The second-order valence-corrected chi connectivity index (χ2v) is 4.94. The SMILES string of the molecule is CC1(C2CNC2)CNc2nnc(Cl)cc21. The number of halogens is 1. The molecule has 3 rings (SSSR count). The Morgan fingerprint density at radius 3 is 2.93 bits per heavy atom. The van der Waals surface area contributed by atoms with E-state index in [-0.39, 0.29) is 5.41 Å². The van der Waals surface area contributed by atoms with Crippen molar-refractivity contribution in [2.45, 2.75) is 12.3 Å². The van der Waals surface area contributed by atoms with Gasteiger partial charge in [-0.1, -0.05) is 18.5 Å². The van der Waals surface area contributed by atoms with Gasteiger partial charge in [0.25, 0.3) is 0 Å². The molecule has 0 bridgehead atoms. The van der Waals surface area contributed by atoms with Gasteiger partial charge in [0.1, 0.15) is 0 Å². The van der Waals surface area contributed by atoms with E-state index in [1.165, 1.54) is 5.56 Å². The van der Waals surface area contributed by atoms with Crippen LogP contribution in [0.4, 0.5) is 5.82 Å². The molecule has 0 radical (unpaired) electrons. The number of nitrogens with one attached hydrogen (secondary N) is 2. The van der Waals surface area contributed by atoms with Gasteiger partial charge in [0, 0.05) is 30.6 Å². The standard InChI is InChI=1S/C10H13ClN4/c1-10(6-3-12-4-6)5-13-9-7(10)2-8(11)14-15-9/h2,6,12H,3-5H2,1H3,(H,13,15). The first-order valence-electron chi connectivity index (χ1n) is 5.18. The van der Waals surface area contributed by atoms with Crippen molar-refractivity contribution in [1.29, 1.82) is 0 Å². The van der Waals surface area contributed by atoms with Crippen LogP contribution in [0.3, 0.4) is 0 Å². The Labute approximate surface area is 93.4 Å². The molecule has 1 atom stereocenters. The van der Waals surface area contributed by atoms with Crippen LogP contribution in [0.25, 0.3) is 0 Å². The Kier molecular flexibility index (Phi) is 1.91. The molecule has 0 aromatic carbocycles. The fourth-order valence-corrected chi connectivity index (χ4v) is 2.55. The average molecular weight is 225 g/mol. The molecule has 2 aliphatic heterocycles. The van der Waals surface area contributed by atoms with Gasteiger partial charge < -0.3 is 10.6 Å². The lowest BCUT2D eigenvalue weighted by Gasteiger charge is -2.40. The van der Waals surface area contributed by atoms with Gasteiger partial charge in [0.15, 0.2) is 11.0 Å². The zero-order valence-electron chi connectivity index (χ0n) is 8.55. The molecule has 5 heteroatoms. The molecular formula is C10H13ClN4. The number of aromatic nitrogens is 2. The first-order chi connectivity index (χ1) is 7.20. The Morgan fingerprint density at radius 2 is 2.27 bits per heavy atom. The van der Waals surface area contributed by atoms with E-state index in [1.807, 2.05) is 6.07 Å². The van der Waals surface area contributed by atoms with Crippen molar-refractivity contribution in [2.24, 2.45) is 5.92 Å². The van der Waals surface area contributed by atoms with Gasteiger partial charge >= 0.3 is 0 Å². The minimum atomic E-state index is 0.153. The lowest BCUT2D eigenvalue weighted by Crippen LogP contribution is -2.53. The van der Waals surface area contributed by atoms with Crippen molar-refractivity contribution in [2.75, 3.05) is 25.0 Å². The molecule has 1 unspecified atom stereocenters. The largest absolute Gasteiger partial charge is 0.367 e. The van der Waals surface area contributed by atoms with E-state index in [0.29, 0.717) is 11.1 Å². The Bertz CT molecular complexity index is 404. The Morgan fingerprint density at radius 1 is 1.47 bits per heavy atom. The van der Waals surface area contributed by atoms with Crippen LogP contribution >= 0.6 is 11.6 Å². The maximum Gasteiger partial charge on any atom is 0.152 e. The van der Waals surface area contributed by atoms with Crippen LogP contribution in [0.1, 0.15) is 12.5 Å². The highest BCUT2D eigenvalue weighted by Crippen LogP contribution is 2.42. The summed E-state index contributed by atoms with van der Waals surface area (Å²) in [7, 11) is 0. The van der Waals surface area contributed by atoms with E-state index in [0.717, 1.165) is 25.5 Å². The summed E-state index contributed by atoms with van der Waals surface area (Å²) in [5, 5.41) is 15.0. The van der Waals surface area contributed by atoms with E-state index in [4.69, 9.17) is 11.6 Å². The van der Waals surface area contributed by atoms with Crippen LogP contribution in [0.5, 0.6) is 0 Å². The second kappa shape index (κ2) is 3.06. The summed E-state index contributed by atoms with van der Waals surface area (Å²) >= 11 is 5.90. The quantitative estimate of drug-likeness (QED) is 0.748. The number of hydrogen-bond acceptors (Lipinski definition) is 4. The third kappa shape index (κ3) is 1.25. The summed E-state index contributed by atoms with van der Waals surface area (Å²) in [5.41, 5.74) is 1.37. The molecule has 2 N–H and O–H groups in total. The Balaban J connectivity index is 2.05. The maximum atomic E-state index is 5.90. The molecule has 0 amide bonds. The summed E-state index contributed by atoms with van der Waals surface area (Å²) in [6.07, 6.45) is 0. The average Bonchev–Trinajstić information content (AvgIpc) is 2.42. The van der Waals surface area contributed by atoms with Crippen molar-refractivity contribution in [3.8, 4) is 0 Å². The van der Waals surface area contributed by atoms with Crippen molar-refractivity contribution in [3.63, 3.8) is 0 Å². The lowest BCUT2D eigenvalue weighted by atomic mass is 9.71. The highest BCUT2D eigenvalue weighted by molar-refractivity contribution is 6.29. The third-order valence-electron chi connectivity index (χ3n) is 3.68. The highest BCUT2D eigenvalue weighted by Gasteiger charge is 2.44. The smallest absolute Gasteiger partial charge is 0.152 e. The molecule has 1 aromatic heterocycles. The van der Waals surface area contributed by atoms with Crippen LogP contribution in [0.15, 0.2) is 6.07 Å². The normalized spacial score (nSPS) is 29.5. The summed E-state index contributed by atoms with van der Waals surface area (Å²) in [5.74, 6) is 1.57. The number of anilines is 1. The number of nitrogens with zero attached hydrogens (tertiary/aromatic N) is 2. The lowest BCUT2D eigenvalue weighted by molar-refractivity contribution is 0.221. The molecule has 15 heavy (non-hydrogen) atoms. The van der Waals surface area contributed by atoms with Crippen LogP contribution in [0.2, 0.25) is 5.15 Å². The van der Waals surface area contributed by atoms with Crippen molar-refractivity contribution in [3.05, 3.63) is 16.8 Å². The zero-order valence-corrected chi connectivity index (χ0v) is 9.30. The molecule has 4 nitrogen and oxygen atoms in total. The molecule has 3 heterocycles. The highest BCUT2D eigenvalue weighted by atomic mass is 35.5. The summed E-state index contributed by atoms with van der Waals surface area (Å²) in [6, 6.07) is 1.95. The van der Waals surface area contributed by atoms with Crippen LogP contribution < -0.4 is 10.6 Å². The number of fused-ring (bicyclic) bond motifs is 1. The van der Waals surface area contributed by atoms with E-state index < -0.39 is 0 Å². The van der Waals surface area contributed by atoms with Gasteiger partial charge in [-0.2, -0.15) is 0 Å². The summed E-state index contributed by atoms with van der Waals surface area (Å²) < 4.78 is 0.